The Labute approximate surface area is 189 Å². The number of rotatable bonds is 6. The maximum absolute atomic E-state index is 12.9. The highest BCUT2D eigenvalue weighted by molar-refractivity contribution is 6.30. The van der Waals surface area contributed by atoms with Crippen molar-refractivity contribution in [2.45, 2.75) is 56.5 Å². The number of aliphatic hydroxyl groups is 1. The molecule has 2 aliphatic rings. The molecular weight excluding hydrogens is 412 g/mol. The molecule has 1 fully saturated rings. The van der Waals surface area contributed by atoms with E-state index in [2.05, 4.69) is 31.2 Å². The van der Waals surface area contributed by atoms with E-state index in [-0.39, 0.29) is 23.9 Å². The highest BCUT2D eigenvalue weighted by Gasteiger charge is 2.55. The minimum absolute atomic E-state index is 0.00916. The molecule has 0 aliphatic heterocycles. The van der Waals surface area contributed by atoms with E-state index in [1.165, 1.54) is 18.2 Å². The zero-order chi connectivity index (χ0) is 22.1. The van der Waals surface area contributed by atoms with E-state index in [0.29, 0.717) is 29.5 Å². The predicted molar refractivity (Wildman–Crippen MR) is 121 cm³/mol. The van der Waals surface area contributed by atoms with Gasteiger partial charge in [0.05, 0.1) is 7.11 Å². The van der Waals surface area contributed by atoms with Crippen molar-refractivity contribution in [2.24, 2.45) is 11.8 Å². The van der Waals surface area contributed by atoms with Crippen molar-refractivity contribution >= 4 is 17.6 Å². The van der Waals surface area contributed by atoms with Crippen LogP contribution in [0.3, 0.4) is 0 Å². The van der Waals surface area contributed by atoms with Crippen LogP contribution < -0.4 is 4.74 Å². The number of aliphatic hydroxyl groups excluding tert-OH is 1. The summed E-state index contributed by atoms with van der Waals surface area (Å²) in [6, 6.07) is 15.9. The topological polar surface area (TPSA) is 55.8 Å². The molecule has 2 aromatic rings. The number of carbonyl (C=O) groups is 1. The van der Waals surface area contributed by atoms with E-state index >= 15 is 0 Å². The Bertz CT molecular complexity index is 933. The highest BCUT2D eigenvalue weighted by atomic mass is 35.5. The minimum Gasteiger partial charge on any atom is -0.476 e. The molecule has 0 saturated heterocycles. The number of benzene rings is 2. The van der Waals surface area contributed by atoms with Crippen LogP contribution in [0, 0.1) is 11.8 Å². The summed E-state index contributed by atoms with van der Waals surface area (Å²) in [5, 5.41) is 10.3. The summed E-state index contributed by atoms with van der Waals surface area (Å²) in [4.78, 5) is 12.9. The van der Waals surface area contributed by atoms with Gasteiger partial charge in [-0.1, -0.05) is 48.9 Å². The van der Waals surface area contributed by atoms with Gasteiger partial charge in [-0.15, -0.1) is 0 Å². The first-order valence-electron chi connectivity index (χ1n) is 11.1. The molecule has 1 N–H and O–H groups in total. The van der Waals surface area contributed by atoms with E-state index in [1.807, 2.05) is 12.1 Å². The first kappa shape index (κ1) is 22.2. The van der Waals surface area contributed by atoms with E-state index < -0.39 is 5.60 Å². The Hall–Kier alpha value is -2.04. The Morgan fingerprint density at radius 3 is 2.58 bits per heavy atom. The summed E-state index contributed by atoms with van der Waals surface area (Å²) in [6.45, 7) is 2.31. The third-order valence-corrected chi connectivity index (χ3v) is 7.65. The summed E-state index contributed by atoms with van der Waals surface area (Å²) in [5.74, 6) is 0.972. The monoisotopic (exact) mass is 442 g/mol. The van der Waals surface area contributed by atoms with Gasteiger partial charge in [0.15, 0.2) is 0 Å². The van der Waals surface area contributed by atoms with Gasteiger partial charge < -0.3 is 14.6 Å². The average Bonchev–Trinajstić information content (AvgIpc) is 3.07. The molecular formula is C26H31ClO4. The van der Waals surface area contributed by atoms with Crippen LogP contribution in [-0.2, 0) is 21.4 Å². The average molecular weight is 443 g/mol. The Balaban J connectivity index is 1.64. The van der Waals surface area contributed by atoms with Crippen LogP contribution in [0.15, 0.2) is 48.5 Å². The lowest BCUT2D eigenvalue weighted by Gasteiger charge is -2.47. The van der Waals surface area contributed by atoms with Crippen LogP contribution in [0.2, 0.25) is 5.02 Å². The first-order chi connectivity index (χ1) is 14.9. The molecule has 0 amide bonds. The third kappa shape index (κ3) is 4.08. The maximum atomic E-state index is 12.9. The minimum atomic E-state index is -1.00. The van der Waals surface area contributed by atoms with Crippen LogP contribution in [0.25, 0.3) is 0 Å². The number of hydrogen-bond donors (Lipinski definition) is 1. The van der Waals surface area contributed by atoms with Gasteiger partial charge in [-0.2, -0.15) is 0 Å². The molecule has 5 heteroatoms. The first-order valence-corrected chi connectivity index (χ1v) is 11.5. The van der Waals surface area contributed by atoms with Crippen LogP contribution >= 0.6 is 11.6 Å². The smallest absolute Gasteiger partial charge is 0.350 e. The molecule has 31 heavy (non-hydrogen) atoms. The molecule has 0 unspecified atom stereocenters. The molecule has 4 nitrogen and oxygen atoms in total. The summed E-state index contributed by atoms with van der Waals surface area (Å²) < 4.78 is 11.5. The molecule has 4 rings (SSSR count). The van der Waals surface area contributed by atoms with E-state index in [0.717, 1.165) is 25.7 Å². The molecule has 0 aromatic heterocycles. The van der Waals surface area contributed by atoms with Gasteiger partial charge in [0.25, 0.3) is 0 Å². The van der Waals surface area contributed by atoms with E-state index in [1.54, 1.807) is 12.1 Å². The number of fused-ring (bicyclic) bond motifs is 2. The molecule has 0 heterocycles. The fourth-order valence-corrected chi connectivity index (χ4v) is 5.98. The molecule has 2 aromatic carbocycles. The molecule has 2 aliphatic carbocycles. The molecule has 2 atom stereocenters. The normalized spacial score (nSPS) is 28.2. The summed E-state index contributed by atoms with van der Waals surface area (Å²) in [7, 11) is 1.42. The fourth-order valence-electron chi connectivity index (χ4n) is 5.80. The van der Waals surface area contributed by atoms with Gasteiger partial charge in [-0.3, -0.25) is 0 Å². The summed E-state index contributed by atoms with van der Waals surface area (Å²) in [6.07, 6.45) is 4.88. The zero-order valence-electron chi connectivity index (χ0n) is 18.3. The van der Waals surface area contributed by atoms with Crippen LogP contribution in [0.4, 0.5) is 0 Å². The Kier molecular flexibility index (Phi) is 6.32. The van der Waals surface area contributed by atoms with Crippen molar-refractivity contribution in [2.75, 3.05) is 13.7 Å². The summed E-state index contributed by atoms with van der Waals surface area (Å²) >= 11 is 6.14. The second-order valence-corrected chi connectivity index (χ2v) is 9.72. The van der Waals surface area contributed by atoms with Gasteiger partial charge >= 0.3 is 5.97 Å². The third-order valence-electron chi connectivity index (χ3n) is 7.42. The number of ether oxygens (including phenoxy) is 2. The molecule has 1 spiro atoms. The Morgan fingerprint density at radius 1 is 1.16 bits per heavy atom. The fraction of sp³-hybridized carbons (Fsp3) is 0.500. The van der Waals surface area contributed by atoms with Crippen LogP contribution in [-0.4, -0.2) is 30.4 Å². The van der Waals surface area contributed by atoms with Crippen molar-refractivity contribution in [1.82, 2.24) is 0 Å². The van der Waals surface area contributed by atoms with Gasteiger partial charge in [-0.05, 0) is 85.1 Å². The van der Waals surface area contributed by atoms with E-state index in [9.17, 15) is 9.90 Å². The lowest BCUT2D eigenvalue weighted by molar-refractivity contribution is -0.164. The van der Waals surface area contributed by atoms with Gasteiger partial charge in [0.2, 0.25) is 5.60 Å². The number of carbonyl (C=O) groups excluding carboxylic acids is 1. The highest BCUT2D eigenvalue weighted by Crippen LogP contribution is 2.56. The van der Waals surface area contributed by atoms with Crippen LogP contribution in [0.1, 0.15) is 50.2 Å². The second kappa shape index (κ2) is 8.84. The molecule has 0 radical (unpaired) electrons. The maximum Gasteiger partial charge on any atom is 0.350 e. The van der Waals surface area contributed by atoms with Crippen molar-refractivity contribution in [3.05, 3.63) is 64.7 Å². The van der Waals surface area contributed by atoms with E-state index in [4.69, 9.17) is 21.1 Å². The van der Waals surface area contributed by atoms with Gasteiger partial charge in [0, 0.05) is 11.6 Å². The van der Waals surface area contributed by atoms with Crippen molar-refractivity contribution in [3.63, 3.8) is 0 Å². The number of hydrogen-bond acceptors (Lipinski definition) is 4. The second-order valence-electron chi connectivity index (χ2n) is 9.28. The van der Waals surface area contributed by atoms with Gasteiger partial charge in [0.1, 0.15) is 5.75 Å². The SMILES string of the molecule is COC(=O)C1(Oc2cccc(Cl)c2)CCC2(CC1)c1ccccc1C[C@@H]2C[C@@H](C)CO. The lowest BCUT2D eigenvalue weighted by atomic mass is 9.60. The van der Waals surface area contributed by atoms with Crippen molar-refractivity contribution < 1.29 is 19.4 Å². The molecule has 0 bridgehead atoms. The number of esters is 1. The van der Waals surface area contributed by atoms with Crippen LogP contribution in [0.5, 0.6) is 5.75 Å². The van der Waals surface area contributed by atoms with Gasteiger partial charge in [-0.25, -0.2) is 4.79 Å². The lowest BCUT2D eigenvalue weighted by Crippen LogP contribution is -2.52. The van der Waals surface area contributed by atoms with Crippen molar-refractivity contribution in [3.8, 4) is 5.75 Å². The molecule has 166 valence electrons. The largest absolute Gasteiger partial charge is 0.476 e. The number of halogens is 1. The summed E-state index contributed by atoms with van der Waals surface area (Å²) in [5.41, 5.74) is 1.82. The van der Waals surface area contributed by atoms with Crippen molar-refractivity contribution in [1.29, 1.82) is 0 Å². The standard InChI is InChI=1S/C26H31ClO4/c1-18(17-28)14-20-15-19-6-3-4-9-23(19)25(20)10-12-26(13-11-25,24(29)30-2)31-22-8-5-7-21(27)16-22/h3-9,16,18,20,28H,10-15,17H2,1-2H3/t18-,20+,25?,26?/m1/s1. The molecule has 1 saturated carbocycles. The Morgan fingerprint density at radius 2 is 1.90 bits per heavy atom. The number of methoxy groups -OCH3 is 1. The quantitative estimate of drug-likeness (QED) is 0.614. The predicted octanol–water partition coefficient (Wildman–Crippen LogP) is 5.33. The zero-order valence-corrected chi connectivity index (χ0v) is 19.0.